The van der Waals surface area contributed by atoms with Crippen LogP contribution in [0.5, 0.6) is 0 Å². The number of H-pyrrole nitrogens is 1. The van der Waals surface area contributed by atoms with Crippen LogP contribution in [0.4, 0.5) is 14.6 Å². The van der Waals surface area contributed by atoms with Crippen molar-refractivity contribution in [2.45, 2.75) is 25.8 Å². The number of nitrogens with two attached hydrogens (primary N) is 1. The molecule has 138 valence electrons. The van der Waals surface area contributed by atoms with Crippen molar-refractivity contribution in [1.82, 2.24) is 15.0 Å². The molecule has 2 aromatic rings. The highest BCUT2D eigenvalue weighted by Crippen LogP contribution is 2.25. The van der Waals surface area contributed by atoms with Crippen molar-refractivity contribution in [3.8, 4) is 11.3 Å². The first kappa shape index (κ1) is 18.2. The van der Waals surface area contributed by atoms with E-state index in [0.717, 1.165) is 42.7 Å². The molecule has 2 unspecified atom stereocenters. The molecule has 0 aliphatic carbocycles. The number of halogens is 2. The fraction of sp³-hybridized carbons (Fsp3) is 0.389. The molecule has 2 atom stereocenters. The van der Waals surface area contributed by atoms with Gasteiger partial charge >= 0.3 is 0 Å². The minimum atomic E-state index is -2.79. The van der Waals surface area contributed by atoms with E-state index >= 15 is 0 Å². The minimum absolute atomic E-state index is 0.137. The Balaban J connectivity index is 1.77. The van der Waals surface area contributed by atoms with Gasteiger partial charge in [0.1, 0.15) is 11.6 Å². The maximum absolute atomic E-state index is 12.4. The number of nitrogens with one attached hydrogen (secondary N) is 2. The summed E-state index contributed by atoms with van der Waals surface area (Å²) in [5, 5.41) is 7.14. The molecule has 1 aliphatic heterocycles. The standard InChI is InChI=1S/C18H22F2N6/c1-11-6-13(21)10-26(9-11)17-7-12(4-5-23-17)15-8-24-16(25-15)3-2-14(22)18(19)20/h2-5,7-8,11,13,18,22H,6,9-10,21H2,1H3,(H,24,25)/b3-2-,22-14?. The van der Waals surface area contributed by atoms with Gasteiger partial charge in [-0.1, -0.05) is 6.92 Å². The third-order valence-electron chi connectivity index (χ3n) is 4.32. The average Bonchev–Trinajstić information content (AvgIpc) is 3.08. The summed E-state index contributed by atoms with van der Waals surface area (Å²) in [5.41, 5.74) is 7.03. The number of imidazole rings is 1. The van der Waals surface area contributed by atoms with E-state index in [-0.39, 0.29) is 6.04 Å². The highest BCUT2D eigenvalue weighted by molar-refractivity contribution is 5.97. The molecule has 4 N–H and O–H groups in total. The number of hydrogen-bond acceptors (Lipinski definition) is 5. The lowest BCUT2D eigenvalue weighted by atomic mass is 9.96. The van der Waals surface area contributed by atoms with Crippen LogP contribution in [0.1, 0.15) is 19.2 Å². The number of pyridine rings is 1. The number of piperidine rings is 1. The second kappa shape index (κ2) is 7.74. The van der Waals surface area contributed by atoms with Gasteiger partial charge in [0.2, 0.25) is 0 Å². The highest BCUT2D eigenvalue weighted by atomic mass is 19.3. The molecule has 0 saturated carbocycles. The molecule has 2 aromatic heterocycles. The first-order chi connectivity index (χ1) is 12.4. The lowest BCUT2D eigenvalue weighted by Crippen LogP contribution is -2.46. The van der Waals surface area contributed by atoms with Crippen molar-refractivity contribution in [3.05, 3.63) is 36.4 Å². The van der Waals surface area contributed by atoms with Crippen molar-refractivity contribution >= 4 is 17.6 Å². The van der Waals surface area contributed by atoms with E-state index in [2.05, 4.69) is 26.8 Å². The molecule has 0 spiro atoms. The largest absolute Gasteiger partial charge is 0.355 e. The Kier molecular flexibility index (Phi) is 5.41. The van der Waals surface area contributed by atoms with Crippen molar-refractivity contribution in [1.29, 1.82) is 5.41 Å². The predicted octanol–water partition coefficient (Wildman–Crippen LogP) is 2.94. The Morgan fingerprint density at radius 2 is 2.23 bits per heavy atom. The number of hydrogen-bond donors (Lipinski definition) is 3. The maximum atomic E-state index is 12.4. The van der Waals surface area contributed by atoms with Gasteiger partial charge in [-0.05, 0) is 36.6 Å². The van der Waals surface area contributed by atoms with Gasteiger partial charge in [-0.2, -0.15) is 0 Å². The molecular formula is C18H22F2N6. The van der Waals surface area contributed by atoms with Gasteiger partial charge in [0, 0.05) is 30.9 Å². The molecular weight excluding hydrogens is 338 g/mol. The summed E-state index contributed by atoms with van der Waals surface area (Å²) < 4.78 is 24.7. The molecule has 3 rings (SSSR count). The van der Waals surface area contributed by atoms with Gasteiger partial charge in [-0.25, -0.2) is 18.7 Å². The summed E-state index contributed by atoms with van der Waals surface area (Å²) in [7, 11) is 0. The molecule has 0 aromatic carbocycles. The highest BCUT2D eigenvalue weighted by Gasteiger charge is 2.23. The summed E-state index contributed by atoms with van der Waals surface area (Å²) in [6.07, 6.45) is 4.00. The molecule has 0 amide bonds. The molecule has 6 nitrogen and oxygen atoms in total. The molecule has 8 heteroatoms. The van der Waals surface area contributed by atoms with Crippen molar-refractivity contribution in [2.75, 3.05) is 18.0 Å². The first-order valence-corrected chi connectivity index (χ1v) is 8.49. The number of anilines is 1. The second-order valence-corrected chi connectivity index (χ2v) is 6.68. The fourth-order valence-electron chi connectivity index (χ4n) is 3.16. The van der Waals surface area contributed by atoms with Crippen LogP contribution in [0, 0.1) is 11.3 Å². The Morgan fingerprint density at radius 1 is 1.42 bits per heavy atom. The third-order valence-corrected chi connectivity index (χ3v) is 4.32. The van der Waals surface area contributed by atoms with Crippen molar-refractivity contribution in [2.24, 2.45) is 11.7 Å². The zero-order valence-corrected chi connectivity index (χ0v) is 14.5. The number of allylic oxidation sites excluding steroid dienone is 1. The SMILES string of the molecule is CC1CC(N)CN(c2cc(-c3cnc(/C=C\C(=N)C(F)F)[nH]3)ccn2)C1. The number of rotatable bonds is 5. The van der Waals surface area contributed by atoms with E-state index in [1.807, 2.05) is 12.1 Å². The monoisotopic (exact) mass is 360 g/mol. The van der Waals surface area contributed by atoms with Crippen LogP contribution < -0.4 is 10.6 Å². The van der Waals surface area contributed by atoms with E-state index in [4.69, 9.17) is 11.1 Å². The zero-order chi connectivity index (χ0) is 18.7. The van der Waals surface area contributed by atoms with Crippen molar-refractivity contribution < 1.29 is 8.78 Å². The van der Waals surface area contributed by atoms with Gasteiger partial charge in [0.05, 0.1) is 17.6 Å². The van der Waals surface area contributed by atoms with E-state index in [0.29, 0.717) is 11.7 Å². The number of alkyl halides is 2. The Bertz CT molecular complexity index is 790. The summed E-state index contributed by atoms with van der Waals surface area (Å²) >= 11 is 0. The topological polar surface area (TPSA) is 94.7 Å². The number of aromatic amines is 1. The van der Waals surface area contributed by atoms with E-state index in [1.165, 1.54) is 6.08 Å². The van der Waals surface area contributed by atoms with Gasteiger partial charge in [0.15, 0.2) is 0 Å². The minimum Gasteiger partial charge on any atom is -0.355 e. The van der Waals surface area contributed by atoms with Gasteiger partial charge in [-0.3, -0.25) is 5.41 Å². The van der Waals surface area contributed by atoms with E-state index in [9.17, 15) is 8.78 Å². The molecule has 3 heterocycles. The van der Waals surface area contributed by atoms with Crippen LogP contribution >= 0.6 is 0 Å². The Morgan fingerprint density at radius 3 is 2.96 bits per heavy atom. The van der Waals surface area contributed by atoms with Gasteiger partial charge in [0.25, 0.3) is 6.43 Å². The number of nitrogens with zero attached hydrogens (tertiary/aromatic N) is 3. The van der Waals surface area contributed by atoms with Gasteiger partial charge in [-0.15, -0.1) is 0 Å². The average molecular weight is 360 g/mol. The van der Waals surface area contributed by atoms with E-state index < -0.39 is 12.1 Å². The predicted molar refractivity (Wildman–Crippen MR) is 98.6 cm³/mol. The lowest BCUT2D eigenvalue weighted by molar-refractivity contribution is 0.226. The molecule has 1 saturated heterocycles. The first-order valence-electron chi connectivity index (χ1n) is 8.49. The summed E-state index contributed by atoms with van der Waals surface area (Å²) in [4.78, 5) is 13.9. The molecule has 0 radical (unpaired) electrons. The second-order valence-electron chi connectivity index (χ2n) is 6.68. The lowest BCUT2D eigenvalue weighted by Gasteiger charge is -2.35. The van der Waals surface area contributed by atoms with Crippen LogP contribution in [0.3, 0.4) is 0 Å². The normalized spacial score (nSPS) is 20.9. The molecule has 26 heavy (non-hydrogen) atoms. The van der Waals surface area contributed by atoms with Gasteiger partial charge < -0.3 is 15.6 Å². The number of aromatic nitrogens is 3. The summed E-state index contributed by atoms with van der Waals surface area (Å²) in [5.74, 6) is 1.78. The van der Waals surface area contributed by atoms with Crippen molar-refractivity contribution in [3.63, 3.8) is 0 Å². The van der Waals surface area contributed by atoms with Crippen LogP contribution in [0.25, 0.3) is 17.3 Å². The maximum Gasteiger partial charge on any atom is 0.279 e. The fourth-order valence-corrected chi connectivity index (χ4v) is 3.16. The van der Waals surface area contributed by atoms with Crippen LogP contribution in [0.2, 0.25) is 0 Å². The Labute approximate surface area is 150 Å². The van der Waals surface area contributed by atoms with E-state index in [1.54, 1.807) is 12.4 Å². The summed E-state index contributed by atoms with van der Waals surface area (Å²) in [6, 6.07) is 3.96. The van der Waals surface area contributed by atoms with Crippen LogP contribution in [-0.4, -0.2) is 46.2 Å². The third kappa shape index (κ3) is 4.32. The van der Waals surface area contributed by atoms with Crippen LogP contribution in [-0.2, 0) is 0 Å². The van der Waals surface area contributed by atoms with Crippen LogP contribution in [0.15, 0.2) is 30.6 Å². The molecule has 0 bridgehead atoms. The smallest absolute Gasteiger partial charge is 0.279 e. The molecule has 1 fully saturated rings. The summed E-state index contributed by atoms with van der Waals surface area (Å²) in [6.45, 7) is 3.87. The molecule has 1 aliphatic rings. The quantitative estimate of drug-likeness (QED) is 0.715. The zero-order valence-electron chi connectivity index (χ0n) is 14.5. The Hall–Kier alpha value is -2.61.